The minimum atomic E-state index is -0.917. The van der Waals surface area contributed by atoms with E-state index in [-0.39, 0.29) is 18.7 Å². The Hall–Kier alpha value is -1.08. The summed E-state index contributed by atoms with van der Waals surface area (Å²) in [6.07, 6.45) is 0.0510. The van der Waals surface area contributed by atoms with Crippen LogP contribution in [0.1, 0.15) is 26.7 Å². The van der Waals surface area contributed by atoms with Crippen molar-refractivity contribution in [3.63, 3.8) is 0 Å². The van der Waals surface area contributed by atoms with Crippen LogP contribution in [0.15, 0.2) is 21.1 Å². The van der Waals surface area contributed by atoms with Crippen LogP contribution in [0.2, 0.25) is 0 Å². The van der Waals surface area contributed by atoms with Crippen LogP contribution in [0.4, 0.5) is 5.69 Å². The molecular weight excluding hydrogens is 406 g/mol. The molecule has 0 aliphatic rings. The van der Waals surface area contributed by atoms with Crippen molar-refractivity contribution >= 4 is 49.4 Å². The molecule has 1 aromatic carbocycles. The van der Waals surface area contributed by atoms with E-state index in [4.69, 9.17) is 9.84 Å². The van der Waals surface area contributed by atoms with Crippen molar-refractivity contribution in [1.82, 2.24) is 0 Å². The molecular formula is C14H17Br2NO4. The first kappa shape index (κ1) is 18.0. The summed E-state index contributed by atoms with van der Waals surface area (Å²) in [7, 11) is 1.54. The number of aliphatic carboxylic acids is 1. The first-order valence-corrected chi connectivity index (χ1v) is 7.78. The third kappa shape index (κ3) is 5.67. The number of rotatable bonds is 6. The lowest BCUT2D eigenvalue weighted by Crippen LogP contribution is -2.24. The van der Waals surface area contributed by atoms with E-state index in [1.807, 2.05) is 0 Å². The summed E-state index contributed by atoms with van der Waals surface area (Å²) in [6.45, 7) is 3.50. The molecule has 0 unspecified atom stereocenters. The molecule has 0 aliphatic carbocycles. The molecule has 1 amide bonds. The molecule has 0 aromatic heterocycles. The lowest BCUT2D eigenvalue weighted by Gasteiger charge is -2.21. The molecule has 0 radical (unpaired) electrons. The summed E-state index contributed by atoms with van der Waals surface area (Å²) in [4.78, 5) is 22.8. The number of carbonyl (C=O) groups is 2. The van der Waals surface area contributed by atoms with Gasteiger partial charge in [-0.2, -0.15) is 0 Å². The second-order valence-electron chi connectivity index (χ2n) is 5.43. The predicted octanol–water partition coefficient (Wildman–Crippen LogP) is 4.05. The highest BCUT2D eigenvalue weighted by Crippen LogP contribution is 2.35. The molecule has 7 heteroatoms. The summed E-state index contributed by atoms with van der Waals surface area (Å²) in [5, 5.41) is 11.6. The molecule has 0 fully saturated rings. The van der Waals surface area contributed by atoms with Gasteiger partial charge in [0.05, 0.1) is 23.7 Å². The van der Waals surface area contributed by atoms with E-state index < -0.39 is 11.4 Å². The summed E-state index contributed by atoms with van der Waals surface area (Å²) in [5.41, 5.74) is -0.0341. The van der Waals surface area contributed by atoms with Gasteiger partial charge in [0.25, 0.3) is 0 Å². The number of hydrogen-bond donors (Lipinski definition) is 2. The van der Waals surface area contributed by atoms with Crippen LogP contribution in [0, 0.1) is 5.41 Å². The van der Waals surface area contributed by atoms with Gasteiger partial charge in [-0.1, -0.05) is 13.8 Å². The minimum absolute atomic E-state index is 0.0642. The number of anilines is 1. The number of halogens is 2. The van der Waals surface area contributed by atoms with Crippen molar-refractivity contribution in [1.29, 1.82) is 0 Å². The molecule has 5 nitrogen and oxygen atoms in total. The number of hydrogen-bond acceptors (Lipinski definition) is 3. The molecule has 0 bridgehead atoms. The van der Waals surface area contributed by atoms with Gasteiger partial charge in [-0.25, -0.2) is 0 Å². The highest BCUT2D eigenvalue weighted by atomic mass is 79.9. The molecule has 0 spiro atoms. The Morgan fingerprint density at radius 3 is 2.38 bits per heavy atom. The monoisotopic (exact) mass is 421 g/mol. The van der Waals surface area contributed by atoms with Gasteiger partial charge in [-0.05, 0) is 43.3 Å². The Bertz CT molecular complexity index is 558. The number of carboxylic acids is 1. The number of methoxy groups -OCH3 is 1. The molecule has 0 heterocycles. The van der Waals surface area contributed by atoms with Crippen LogP contribution in [0.5, 0.6) is 5.75 Å². The molecule has 0 aliphatic heterocycles. The molecule has 21 heavy (non-hydrogen) atoms. The van der Waals surface area contributed by atoms with Crippen LogP contribution < -0.4 is 10.1 Å². The third-order valence-corrected chi connectivity index (χ3v) is 4.06. The third-order valence-electron chi connectivity index (χ3n) is 2.78. The van der Waals surface area contributed by atoms with Gasteiger partial charge >= 0.3 is 5.97 Å². The largest absolute Gasteiger partial charge is 0.495 e. The number of nitrogens with one attached hydrogen (secondary N) is 1. The highest BCUT2D eigenvalue weighted by molar-refractivity contribution is 9.11. The average Bonchev–Trinajstić information content (AvgIpc) is 2.29. The van der Waals surface area contributed by atoms with E-state index in [0.717, 1.165) is 4.47 Å². The Labute approximate surface area is 140 Å². The second-order valence-corrected chi connectivity index (χ2v) is 7.13. The van der Waals surface area contributed by atoms with Crippen LogP contribution >= 0.6 is 31.9 Å². The fourth-order valence-electron chi connectivity index (χ4n) is 1.88. The fourth-order valence-corrected chi connectivity index (χ4v) is 3.14. The van der Waals surface area contributed by atoms with E-state index >= 15 is 0 Å². The average molecular weight is 423 g/mol. The topological polar surface area (TPSA) is 75.6 Å². The number of carboxylic acid groups (broad SMARTS) is 1. The number of carbonyl (C=O) groups excluding carboxylic acids is 1. The van der Waals surface area contributed by atoms with Gasteiger partial charge in [0.2, 0.25) is 5.91 Å². The molecule has 0 saturated carbocycles. The number of benzene rings is 1. The van der Waals surface area contributed by atoms with Crippen molar-refractivity contribution in [3.05, 3.63) is 21.1 Å². The second kappa shape index (κ2) is 7.26. The van der Waals surface area contributed by atoms with Crippen molar-refractivity contribution in [2.45, 2.75) is 26.7 Å². The molecule has 1 rings (SSSR count). The Morgan fingerprint density at radius 2 is 1.86 bits per heavy atom. The Morgan fingerprint density at radius 1 is 1.24 bits per heavy atom. The standard InChI is InChI=1S/C14H17Br2NO4/c1-14(2,7-13(19)20)6-12(18)17-10-5-11(21-3)9(16)4-8(10)15/h4-5H,6-7H2,1-3H3,(H,17,18)(H,19,20). The van der Waals surface area contributed by atoms with Gasteiger partial charge in [0.15, 0.2) is 0 Å². The Balaban J connectivity index is 2.82. The van der Waals surface area contributed by atoms with E-state index in [9.17, 15) is 9.59 Å². The van der Waals surface area contributed by atoms with Crippen molar-refractivity contribution in [2.24, 2.45) is 5.41 Å². The van der Waals surface area contributed by atoms with Gasteiger partial charge in [-0.3, -0.25) is 9.59 Å². The van der Waals surface area contributed by atoms with Gasteiger partial charge < -0.3 is 15.2 Å². The van der Waals surface area contributed by atoms with E-state index in [1.54, 1.807) is 26.0 Å². The zero-order valence-electron chi connectivity index (χ0n) is 12.0. The Kier molecular flexibility index (Phi) is 6.22. The quantitative estimate of drug-likeness (QED) is 0.724. The predicted molar refractivity (Wildman–Crippen MR) is 87.7 cm³/mol. The summed E-state index contributed by atoms with van der Waals surface area (Å²) in [5.74, 6) is -0.566. The van der Waals surface area contributed by atoms with Crippen LogP contribution in [-0.4, -0.2) is 24.1 Å². The van der Waals surface area contributed by atoms with E-state index in [1.165, 1.54) is 7.11 Å². The lowest BCUT2D eigenvalue weighted by atomic mass is 9.85. The molecule has 2 N–H and O–H groups in total. The van der Waals surface area contributed by atoms with Crippen molar-refractivity contribution < 1.29 is 19.4 Å². The SMILES string of the molecule is COc1cc(NC(=O)CC(C)(C)CC(=O)O)c(Br)cc1Br. The lowest BCUT2D eigenvalue weighted by molar-refractivity contribution is -0.139. The molecule has 1 aromatic rings. The first-order chi connectivity index (χ1) is 9.64. The molecule has 116 valence electrons. The number of ether oxygens (including phenoxy) is 1. The maximum Gasteiger partial charge on any atom is 0.303 e. The van der Waals surface area contributed by atoms with Crippen molar-refractivity contribution in [3.8, 4) is 5.75 Å². The van der Waals surface area contributed by atoms with Crippen LogP contribution in [-0.2, 0) is 9.59 Å². The maximum absolute atomic E-state index is 12.1. The summed E-state index contributed by atoms with van der Waals surface area (Å²) in [6, 6.07) is 3.47. The van der Waals surface area contributed by atoms with Crippen molar-refractivity contribution in [2.75, 3.05) is 12.4 Å². The smallest absolute Gasteiger partial charge is 0.303 e. The van der Waals surface area contributed by atoms with Crippen LogP contribution in [0.25, 0.3) is 0 Å². The normalized spacial score (nSPS) is 11.1. The molecule has 0 atom stereocenters. The van der Waals surface area contributed by atoms with E-state index in [0.29, 0.717) is 15.9 Å². The minimum Gasteiger partial charge on any atom is -0.495 e. The fraction of sp³-hybridized carbons (Fsp3) is 0.429. The zero-order chi connectivity index (χ0) is 16.2. The highest BCUT2D eigenvalue weighted by Gasteiger charge is 2.25. The zero-order valence-corrected chi connectivity index (χ0v) is 15.2. The number of amides is 1. The van der Waals surface area contributed by atoms with Gasteiger partial charge in [0.1, 0.15) is 5.75 Å². The summed E-state index contributed by atoms with van der Waals surface area (Å²) < 4.78 is 6.65. The van der Waals surface area contributed by atoms with E-state index in [2.05, 4.69) is 37.2 Å². The van der Waals surface area contributed by atoms with Crippen LogP contribution in [0.3, 0.4) is 0 Å². The first-order valence-electron chi connectivity index (χ1n) is 6.19. The maximum atomic E-state index is 12.1. The van der Waals surface area contributed by atoms with Gasteiger partial charge in [0, 0.05) is 17.0 Å². The molecule has 0 saturated heterocycles. The van der Waals surface area contributed by atoms with Gasteiger partial charge in [-0.15, -0.1) is 0 Å². The summed E-state index contributed by atoms with van der Waals surface area (Å²) >= 11 is 6.72.